The van der Waals surface area contributed by atoms with E-state index in [2.05, 4.69) is 12.1 Å². The number of ketones is 1. The van der Waals surface area contributed by atoms with E-state index < -0.39 is 0 Å². The zero-order valence-corrected chi connectivity index (χ0v) is 10.7. The molecule has 1 aliphatic carbocycles. The average molecular weight is 257 g/mol. The molecule has 0 amide bonds. The second-order valence-corrected chi connectivity index (χ2v) is 5.17. The molecule has 0 fully saturated rings. The van der Waals surface area contributed by atoms with Crippen molar-refractivity contribution in [3.8, 4) is 0 Å². The molecule has 0 saturated heterocycles. The molecular weight excluding hydrogens is 244 g/mol. The lowest BCUT2D eigenvalue weighted by molar-refractivity contribution is 0.0970. The summed E-state index contributed by atoms with van der Waals surface area (Å²) in [6.45, 7) is 0. The Labute approximate surface area is 111 Å². The molecular formula is C16H13ClO. The van der Waals surface area contributed by atoms with Crippen LogP contribution in [-0.2, 0) is 6.42 Å². The van der Waals surface area contributed by atoms with Crippen LogP contribution in [0.2, 0.25) is 5.02 Å². The molecule has 1 atom stereocenters. The third kappa shape index (κ3) is 2.06. The van der Waals surface area contributed by atoms with Crippen LogP contribution in [0.15, 0.2) is 48.5 Å². The van der Waals surface area contributed by atoms with Crippen molar-refractivity contribution in [3.63, 3.8) is 0 Å². The van der Waals surface area contributed by atoms with Crippen LogP contribution >= 0.6 is 11.6 Å². The van der Waals surface area contributed by atoms with Crippen LogP contribution in [0.1, 0.15) is 33.8 Å². The van der Waals surface area contributed by atoms with Crippen LogP contribution in [-0.4, -0.2) is 5.78 Å². The molecule has 1 aliphatic rings. The van der Waals surface area contributed by atoms with Gasteiger partial charge >= 0.3 is 0 Å². The lowest BCUT2D eigenvalue weighted by Crippen LogP contribution is -2.20. The molecule has 0 N–H and O–H groups in total. The summed E-state index contributed by atoms with van der Waals surface area (Å²) in [7, 11) is 0. The van der Waals surface area contributed by atoms with Gasteiger partial charge in [0.1, 0.15) is 0 Å². The minimum absolute atomic E-state index is 0.178. The molecule has 2 aromatic carbocycles. The minimum atomic E-state index is 0.178. The Morgan fingerprint density at radius 1 is 1.17 bits per heavy atom. The fourth-order valence-corrected chi connectivity index (χ4v) is 2.74. The summed E-state index contributed by atoms with van der Waals surface area (Å²) in [5.41, 5.74) is 3.42. The number of hydrogen-bond donors (Lipinski definition) is 0. The largest absolute Gasteiger partial charge is 0.294 e. The molecule has 0 radical (unpaired) electrons. The summed E-state index contributed by atoms with van der Waals surface area (Å²) in [6.07, 6.45) is 1.60. The molecule has 0 aromatic heterocycles. The van der Waals surface area contributed by atoms with E-state index in [1.807, 2.05) is 24.3 Å². The number of Topliss-reactive ketones (excluding diaryl/α,β-unsaturated/α-hetero) is 1. The first-order chi connectivity index (χ1) is 8.74. The van der Waals surface area contributed by atoms with Gasteiger partial charge in [-0.05, 0) is 35.6 Å². The Bertz CT molecular complexity index is 604. The first-order valence-corrected chi connectivity index (χ1v) is 6.48. The van der Waals surface area contributed by atoms with Crippen molar-refractivity contribution < 1.29 is 4.79 Å². The Morgan fingerprint density at radius 2 is 2.00 bits per heavy atom. The van der Waals surface area contributed by atoms with Gasteiger partial charge in [-0.1, -0.05) is 48.0 Å². The lowest BCUT2D eigenvalue weighted by atomic mass is 9.74. The zero-order valence-electron chi connectivity index (χ0n) is 9.90. The van der Waals surface area contributed by atoms with E-state index in [0.29, 0.717) is 22.9 Å². The standard InChI is InChI=1S/C16H13ClO/c17-14-6-3-5-12(9-14)16(18)10-13-8-11-4-1-2-7-15(11)13/h1-7,9,13H,8,10H2. The number of fused-ring (bicyclic) bond motifs is 1. The van der Waals surface area contributed by atoms with Gasteiger partial charge in [-0.2, -0.15) is 0 Å². The molecule has 90 valence electrons. The maximum absolute atomic E-state index is 12.2. The summed E-state index contributed by atoms with van der Waals surface area (Å²) < 4.78 is 0. The number of halogens is 1. The van der Waals surface area contributed by atoms with Gasteiger partial charge in [0.15, 0.2) is 5.78 Å². The van der Waals surface area contributed by atoms with E-state index in [9.17, 15) is 4.79 Å². The third-order valence-corrected chi connectivity index (χ3v) is 3.77. The molecule has 0 aliphatic heterocycles. The molecule has 2 aromatic rings. The third-order valence-electron chi connectivity index (χ3n) is 3.54. The minimum Gasteiger partial charge on any atom is -0.294 e. The van der Waals surface area contributed by atoms with Crippen molar-refractivity contribution in [3.05, 3.63) is 70.2 Å². The Morgan fingerprint density at radius 3 is 2.78 bits per heavy atom. The smallest absolute Gasteiger partial charge is 0.163 e. The highest BCUT2D eigenvalue weighted by Crippen LogP contribution is 2.37. The van der Waals surface area contributed by atoms with Gasteiger partial charge in [-0.25, -0.2) is 0 Å². The predicted molar refractivity (Wildman–Crippen MR) is 73.3 cm³/mol. The van der Waals surface area contributed by atoms with Gasteiger partial charge in [0, 0.05) is 17.0 Å². The monoisotopic (exact) mass is 256 g/mol. The topological polar surface area (TPSA) is 17.1 Å². The number of carbonyl (C=O) groups excluding carboxylic acids is 1. The van der Waals surface area contributed by atoms with Crippen LogP contribution in [0.3, 0.4) is 0 Å². The summed E-state index contributed by atoms with van der Waals surface area (Å²) in [5, 5.41) is 0.620. The van der Waals surface area contributed by atoms with E-state index >= 15 is 0 Å². The van der Waals surface area contributed by atoms with Crippen molar-refractivity contribution in [2.24, 2.45) is 0 Å². The molecule has 0 heterocycles. The highest BCUT2D eigenvalue weighted by Gasteiger charge is 2.27. The summed E-state index contributed by atoms with van der Waals surface area (Å²) in [6, 6.07) is 15.5. The van der Waals surface area contributed by atoms with Crippen molar-refractivity contribution in [1.29, 1.82) is 0 Å². The molecule has 2 heteroatoms. The number of rotatable bonds is 3. The first kappa shape index (κ1) is 11.5. The quantitative estimate of drug-likeness (QED) is 0.750. The molecule has 3 rings (SSSR count). The Hall–Kier alpha value is -1.60. The van der Waals surface area contributed by atoms with E-state index in [0.717, 1.165) is 6.42 Å². The van der Waals surface area contributed by atoms with E-state index in [1.54, 1.807) is 12.1 Å². The fourth-order valence-electron chi connectivity index (χ4n) is 2.55. The SMILES string of the molecule is O=C(CC1Cc2ccccc21)c1cccc(Cl)c1. The van der Waals surface area contributed by atoms with Gasteiger partial charge in [0.25, 0.3) is 0 Å². The maximum atomic E-state index is 12.2. The number of carbonyl (C=O) groups is 1. The molecule has 0 spiro atoms. The molecule has 0 saturated carbocycles. The predicted octanol–water partition coefficient (Wildman–Crippen LogP) is 4.25. The Kier molecular flexibility index (Phi) is 2.92. The molecule has 18 heavy (non-hydrogen) atoms. The molecule has 1 nitrogen and oxygen atoms in total. The number of benzene rings is 2. The van der Waals surface area contributed by atoms with Crippen molar-refractivity contribution in [1.82, 2.24) is 0 Å². The lowest BCUT2D eigenvalue weighted by Gasteiger charge is -2.29. The van der Waals surface area contributed by atoms with Crippen LogP contribution in [0.25, 0.3) is 0 Å². The highest BCUT2D eigenvalue weighted by molar-refractivity contribution is 6.31. The highest BCUT2D eigenvalue weighted by atomic mass is 35.5. The second-order valence-electron chi connectivity index (χ2n) is 4.74. The summed E-state index contributed by atoms with van der Waals surface area (Å²) in [5.74, 6) is 0.560. The van der Waals surface area contributed by atoms with Crippen LogP contribution in [0.4, 0.5) is 0 Å². The molecule has 1 unspecified atom stereocenters. The average Bonchev–Trinajstić information content (AvgIpc) is 2.36. The Balaban J connectivity index is 1.74. The summed E-state index contributed by atoms with van der Waals surface area (Å²) >= 11 is 5.90. The normalized spacial score (nSPS) is 16.8. The van der Waals surface area contributed by atoms with Crippen molar-refractivity contribution in [2.75, 3.05) is 0 Å². The van der Waals surface area contributed by atoms with Gasteiger partial charge in [0.2, 0.25) is 0 Å². The van der Waals surface area contributed by atoms with Crippen LogP contribution in [0, 0.1) is 0 Å². The zero-order chi connectivity index (χ0) is 12.5. The number of hydrogen-bond acceptors (Lipinski definition) is 1. The molecule has 0 bridgehead atoms. The van der Waals surface area contributed by atoms with Crippen molar-refractivity contribution in [2.45, 2.75) is 18.8 Å². The summed E-state index contributed by atoms with van der Waals surface area (Å²) in [4.78, 5) is 12.2. The van der Waals surface area contributed by atoms with Gasteiger partial charge in [-0.15, -0.1) is 0 Å². The van der Waals surface area contributed by atoms with Gasteiger partial charge < -0.3 is 0 Å². The first-order valence-electron chi connectivity index (χ1n) is 6.10. The van der Waals surface area contributed by atoms with E-state index in [-0.39, 0.29) is 5.78 Å². The van der Waals surface area contributed by atoms with Crippen LogP contribution in [0.5, 0.6) is 0 Å². The van der Waals surface area contributed by atoms with E-state index in [1.165, 1.54) is 11.1 Å². The van der Waals surface area contributed by atoms with Gasteiger partial charge in [0.05, 0.1) is 0 Å². The second kappa shape index (κ2) is 4.58. The fraction of sp³-hybridized carbons (Fsp3) is 0.188. The van der Waals surface area contributed by atoms with Crippen molar-refractivity contribution >= 4 is 17.4 Å². The van der Waals surface area contributed by atoms with Crippen LogP contribution < -0.4 is 0 Å². The van der Waals surface area contributed by atoms with Gasteiger partial charge in [-0.3, -0.25) is 4.79 Å². The maximum Gasteiger partial charge on any atom is 0.163 e. The van der Waals surface area contributed by atoms with E-state index in [4.69, 9.17) is 11.6 Å².